The molecule has 1 amide bonds. The standard InChI is InChI=1S/C14H25NO2/c1-4-11(2)12-5-7-14(8-6-12)9-15(10-14)13(16)17-3/h11-12H,4-10H2,1-3H3. The van der Waals surface area contributed by atoms with Gasteiger partial charge < -0.3 is 9.64 Å². The van der Waals surface area contributed by atoms with Crippen LogP contribution in [0.3, 0.4) is 0 Å². The van der Waals surface area contributed by atoms with Crippen molar-refractivity contribution in [1.29, 1.82) is 0 Å². The fourth-order valence-electron chi connectivity index (χ4n) is 3.49. The second-order valence-corrected chi connectivity index (χ2v) is 6.05. The first kappa shape index (κ1) is 12.7. The largest absolute Gasteiger partial charge is 0.453 e. The van der Waals surface area contributed by atoms with Gasteiger partial charge in [0.1, 0.15) is 0 Å². The number of nitrogens with zero attached hydrogens (tertiary/aromatic N) is 1. The van der Waals surface area contributed by atoms with E-state index in [1.807, 2.05) is 4.90 Å². The molecule has 1 spiro atoms. The predicted molar refractivity (Wildman–Crippen MR) is 67.8 cm³/mol. The minimum atomic E-state index is -0.153. The van der Waals surface area contributed by atoms with E-state index >= 15 is 0 Å². The van der Waals surface area contributed by atoms with Crippen molar-refractivity contribution in [2.24, 2.45) is 17.3 Å². The van der Waals surface area contributed by atoms with Gasteiger partial charge in [0, 0.05) is 18.5 Å². The Kier molecular flexibility index (Phi) is 3.64. The SMILES string of the molecule is CCC(C)C1CCC2(CC1)CN(C(=O)OC)C2. The number of carbonyl (C=O) groups excluding carboxylic acids is 1. The van der Waals surface area contributed by atoms with Crippen LogP contribution in [-0.4, -0.2) is 31.2 Å². The molecule has 1 atom stereocenters. The van der Waals surface area contributed by atoms with Crippen molar-refractivity contribution in [3.05, 3.63) is 0 Å². The monoisotopic (exact) mass is 239 g/mol. The Morgan fingerprint density at radius 3 is 2.47 bits per heavy atom. The van der Waals surface area contributed by atoms with Crippen LogP contribution in [0.4, 0.5) is 4.79 Å². The highest BCUT2D eigenvalue weighted by molar-refractivity contribution is 5.68. The van der Waals surface area contributed by atoms with Crippen molar-refractivity contribution in [2.45, 2.75) is 46.0 Å². The van der Waals surface area contributed by atoms with E-state index in [9.17, 15) is 4.79 Å². The molecule has 3 heteroatoms. The molecule has 1 aliphatic carbocycles. The summed E-state index contributed by atoms with van der Waals surface area (Å²) < 4.78 is 4.75. The van der Waals surface area contributed by atoms with Crippen LogP contribution in [0.2, 0.25) is 0 Å². The summed E-state index contributed by atoms with van der Waals surface area (Å²) in [6.45, 7) is 6.52. The number of likely N-dealkylation sites (tertiary alicyclic amines) is 1. The third-order valence-corrected chi connectivity index (χ3v) is 5.02. The summed E-state index contributed by atoms with van der Waals surface area (Å²) >= 11 is 0. The summed E-state index contributed by atoms with van der Waals surface area (Å²) in [7, 11) is 1.47. The highest BCUT2D eigenvalue weighted by atomic mass is 16.5. The maximum absolute atomic E-state index is 11.3. The van der Waals surface area contributed by atoms with E-state index in [1.54, 1.807) is 0 Å². The Labute approximate surface area is 105 Å². The molecule has 1 saturated heterocycles. The summed E-state index contributed by atoms with van der Waals surface area (Å²) in [6.07, 6.45) is 6.45. The minimum absolute atomic E-state index is 0.153. The number of carbonyl (C=O) groups is 1. The first-order valence-electron chi connectivity index (χ1n) is 6.93. The molecule has 3 nitrogen and oxygen atoms in total. The van der Waals surface area contributed by atoms with Crippen molar-refractivity contribution >= 4 is 6.09 Å². The van der Waals surface area contributed by atoms with E-state index in [1.165, 1.54) is 39.2 Å². The Bertz CT molecular complexity index is 274. The molecule has 1 aliphatic heterocycles. The molecule has 2 rings (SSSR count). The average Bonchev–Trinajstić information content (AvgIpc) is 2.34. The Balaban J connectivity index is 1.79. The van der Waals surface area contributed by atoms with Gasteiger partial charge in [-0.2, -0.15) is 0 Å². The van der Waals surface area contributed by atoms with Crippen LogP contribution in [0.1, 0.15) is 46.0 Å². The number of rotatable bonds is 2. The van der Waals surface area contributed by atoms with E-state index in [0.717, 1.165) is 24.9 Å². The van der Waals surface area contributed by atoms with Gasteiger partial charge in [0.2, 0.25) is 0 Å². The van der Waals surface area contributed by atoms with E-state index in [0.29, 0.717) is 5.41 Å². The van der Waals surface area contributed by atoms with Crippen LogP contribution in [-0.2, 0) is 4.74 Å². The Hall–Kier alpha value is -0.730. The maximum atomic E-state index is 11.3. The van der Waals surface area contributed by atoms with Crippen LogP contribution < -0.4 is 0 Å². The van der Waals surface area contributed by atoms with Gasteiger partial charge in [0.15, 0.2) is 0 Å². The molecular weight excluding hydrogens is 214 g/mol. The van der Waals surface area contributed by atoms with Gasteiger partial charge in [-0.3, -0.25) is 0 Å². The second-order valence-electron chi connectivity index (χ2n) is 6.05. The molecule has 0 aromatic heterocycles. The van der Waals surface area contributed by atoms with Crippen molar-refractivity contribution in [2.75, 3.05) is 20.2 Å². The summed E-state index contributed by atoms with van der Waals surface area (Å²) in [4.78, 5) is 13.2. The third kappa shape index (κ3) is 2.43. The van der Waals surface area contributed by atoms with Gasteiger partial charge in [-0.15, -0.1) is 0 Å². The van der Waals surface area contributed by atoms with E-state index in [2.05, 4.69) is 13.8 Å². The molecule has 98 valence electrons. The van der Waals surface area contributed by atoms with E-state index < -0.39 is 0 Å². The zero-order valence-electron chi connectivity index (χ0n) is 11.4. The molecule has 2 aliphatic rings. The quantitative estimate of drug-likeness (QED) is 0.740. The fourth-order valence-corrected chi connectivity index (χ4v) is 3.49. The zero-order chi connectivity index (χ0) is 12.5. The summed E-state index contributed by atoms with van der Waals surface area (Å²) in [5.41, 5.74) is 0.443. The molecule has 2 fully saturated rings. The summed E-state index contributed by atoms with van der Waals surface area (Å²) in [6, 6.07) is 0. The number of amides is 1. The minimum Gasteiger partial charge on any atom is -0.453 e. The highest BCUT2D eigenvalue weighted by Gasteiger charge is 2.47. The lowest BCUT2D eigenvalue weighted by Crippen LogP contribution is -2.59. The van der Waals surface area contributed by atoms with Gasteiger partial charge in [0.25, 0.3) is 0 Å². The summed E-state index contributed by atoms with van der Waals surface area (Å²) in [5.74, 6) is 1.78. The van der Waals surface area contributed by atoms with Crippen molar-refractivity contribution < 1.29 is 9.53 Å². The van der Waals surface area contributed by atoms with Crippen molar-refractivity contribution in [3.8, 4) is 0 Å². The number of hydrogen-bond donors (Lipinski definition) is 0. The normalized spacial score (nSPS) is 25.5. The van der Waals surface area contributed by atoms with E-state index in [4.69, 9.17) is 4.74 Å². The topological polar surface area (TPSA) is 29.5 Å². The maximum Gasteiger partial charge on any atom is 0.409 e. The Morgan fingerprint density at radius 1 is 1.41 bits per heavy atom. The van der Waals surface area contributed by atoms with Crippen LogP contribution in [0.5, 0.6) is 0 Å². The molecule has 0 radical (unpaired) electrons. The molecule has 1 heterocycles. The van der Waals surface area contributed by atoms with Gasteiger partial charge >= 0.3 is 6.09 Å². The molecule has 17 heavy (non-hydrogen) atoms. The zero-order valence-corrected chi connectivity index (χ0v) is 11.4. The smallest absolute Gasteiger partial charge is 0.409 e. The van der Waals surface area contributed by atoms with Crippen molar-refractivity contribution in [3.63, 3.8) is 0 Å². The molecule has 0 bridgehead atoms. The van der Waals surface area contributed by atoms with Crippen LogP contribution in [0.15, 0.2) is 0 Å². The van der Waals surface area contributed by atoms with Crippen LogP contribution >= 0.6 is 0 Å². The fraction of sp³-hybridized carbons (Fsp3) is 0.929. The molecule has 1 saturated carbocycles. The summed E-state index contributed by atoms with van der Waals surface area (Å²) in [5, 5.41) is 0. The lowest BCUT2D eigenvalue weighted by molar-refractivity contribution is -0.0344. The molecular formula is C14H25NO2. The van der Waals surface area contributed by atoms with Crippen molar-refractivity contribution in [1.82, 2.24) is 4.90 Å². The van der Waals surface area contributed by atoms with E-state index in [-0.39, 0.29) is 6.09 Å². The number of hydrogen-bond acceptors (Lipinski definition) is 2. The highest BCUT2D eigenvalue weighted by Crippen LogP contribution is 2.47. The van der Waals surface area contributed by atoms with Gasteiger partial charge in [0.05, 0.1) is 7.11 Å². The van der Waals surface area contributed by atoms with Gasteiger partial charge in [-0.05, 0) is 37.5 Å². The van der Waals surface area contributed by atoms with Crippen LogP contribution in [0.25, 0.3) is 0 Å². The third-order valence-electron chi connectivity index (χ3n) is 5.02. The van der Waals surface area contributed by atoms with Gasteiger partial charge in [-0.25, -0.2) is 4.79 Å². The number of methoxy groups -OCH3 is 1. The molecule has 0 N–H and O–H groups in total. The lowest BCUT2D eigenvalue weighted by atomic mass is 9.64. The lowest BCUT2D eigenvalue weighted by Gasteiger charge is -2.53. The first-order valence-corrected chi connectivity index (χ1v) is 6.93. The molecule has 1 unspecified atom stereocenters. The average molecular weight is 239 g/mol. The van der Waals surface area contributed by atoms with Gasteiger partial charge in [-0.1, -0.05) is 20.3 Å². The molecule has 0 aromatic rings. The Morgan fingerprint density at radius 2 is 2.00 bits per heavy atom. The first-order chi connectivity index (χ1) is 8.10. The number of ether oxygens (including phenoxy) is 1. The molecule has 0 aromatic carbocycles. The van der Waals surface area contributed by atoms with Crippen LogP contribution in [0, 0.1) is 17.3 Å². The second kappa shape index (κ2) is 4.87. The predicted octanol–water partition coefficient (Wildman–Crippen LogP) is 3.29.